The zero-order chi connectivity index (χ0) is 14.9. The number of hydrogen-bond donors (Lipinski definition) is 2. The summed E-state index contributed by atoms with van der Waals surface area (Å²) >= 11 is 0. The van der Waals surface area contributed by atoms with Gasteiger partial charge in [0.15, 0.2) is 0 Å². The van der Waals surface area contributed by atoms with E-state index in [1.165, 1.54) is 19.1 Å². The molecule has 6 heteroatoms. The van der Waals surface area contributed by atoms with E-state index >= 15 is 0 Å². The van der Waals surface area contributed by atoms with Gasteiger partial charge in [-0.05, 0) is 56.2 Å². The zero-order valence-electron chi connectivity index (χ0n) is 11.8. The lowest BCUT2D eigenvalue weighted by Crippen LogP contribution is -2.37. The highest BCUT2D eigenvalue weighted by molar-refractivity contribution is 7.89. The summed E-state index contributed by atoms with van der Waals surface area (Å²) in [6.45, 7) is 3.67. The third-order valence-electron chi connectivity index (χ3n) is 3.87. The molecule has 4 nitrogen and oxygen atoms in total. The summed E-state index contributed by atoms with van der Waals surface area (Å²) in [6.07, 6.45) is 3.57. The third-order valence-corrected chi connectivity index (χ3v) is 5.39. The Hall–Kier alpha value is -1.14. The largest absolute Gasteiger partial charge is 0.399 e. The molecular formula is C14H21FN2O2S. The van der Waals surface area contributed by atoms with Gasteiger partial charge in [0, 0.05) is 11.7 Å². The summed E-state index contributed by atoms with van der Waals surface area (Å²) in [5, 5.41) is 0. The van der Waals surface area contributed by atoms with E-state index in [-0.39, 0.29) is 22.2 Å². The maximum absolute atomic E-state index is 14.0. The van der Waals surface area contributed by atoms with Crippen LogP contribution in [0.2, 0.25) is 0 Å². The average Bonchev–Trinajstić information content (AvgIpc) is 2.36. The second-order valence-corrected chi connectivity index (χ2v) is 7.41. The van der Waals surface area contributed by atoms with Crippen LogP contribution in [0.1, 0.15) is 38.2 Å². The molecule has 0 aromatic heterocycles. The minimum Gasteiger partial charge on any atom is -0.399 e. The number of aryl methyl sites for hydroxylation is 1. The Morgan fingerprint density at radius 2 is 1.85 bits per heavy atom. The summed E-state index contributed by atoms with van der Waals surface area (Å²) in [6, 6.07) is 2.49. The summed E-state index contributed by atoms with van der Waals surface area (Å²) in [5.41, 5.74) is 6.11. The molecule has 1 fully saturated rings. The Morgan fingerprint density at radius 3 is 2.45 bits per heavy atom. The molecule has 0 amide bonds. The number of nitrogen functional groups attached to an aromatic ring is 1. The van der Waals surface area contributed by atoms with Crippen LogP contribution < -0.4 is 10.5 Å². The van der Waals surface area contributed by atoms with Crippen molar-refractivity contribution in [2.75, 3.05) is 5.73 Å². The summed E-state index contributed by atoms with van der Waals surface area (Å²) < 4.78 is 41.2. The Balaban J connectivity index is 2.23. The molecule has 2 rings (SSSR count). The van der Waals surface area contributed by atoms with E-state index in [0.717, 1.165) is 25.7 Å². The van der Waals surface area contributed by atoms with Gasteiger partial charge in [-0.15, -0.1) is 0 Å². The standard InChI is InChI=1S/C14H21FN2O2S/c1-9-3-5-12(6-4-9)17-20(18,19)13-8-11(16)7-10(2)14(13)15/h7-9,12,17H,3-6,16H2,1-2H3. The lowest BCUT2D eigenvalue weighted by molar-refractivity contribution is 0.332. The van der Waals surface area contributed by atoms with Crippen LogP contribution in [0.15, 0.2) is 17.0 Å². The first kappa shape index (κ1) is 15.3. The van der Waals surface area contributed by atoms with E-state index in [9.17, 15) is 12.8 Å². The molecule has 1 aliphatic rings. The third kappa shape index (κ3) is 3.30. The van der Waals surface area contributed by atoms with Gasteiger partial charge in [-0.25, -0.2) is 17.5 Å². The van der Waals surface area contributed by atoms with Crippen LogP contribution in [0, 0.1) is 18.7 Å². The van der Waals surface area contributed by atoms with E-state index in [2.05, 4.69) is 11.6 Å². The molecule has 0 saturated heterocycles. The first-order valence-electron chi connectivity index (χ1n) is 6.87. The quantitative estimate of drug-likeness (QED) is 0.843. The number of nitrogens with one attached hydrogen (secondary N) is 1. The smallest absolute Gasteiger partial charge is 0.243 e. The van der Waals surface area contributed by atoms with Crippen molar-refractivity contribution in [3.8, 4) is 0 Å². The van der Waals surface area contributed by atoms with Crippen molar-refractivity contribution >= 4 is 15.7 Å². The molecule has 1 aromatic rings. The van der Waals surface area contributed by atoms with Gasteiger partial charge < -0.3 is 5.73 Å². The first-order valence-corrected chi connectivity index (χ1v) is 8.36. The molecule has 3 N–H and O–H groups in total. The van der Waals surface area contributed by atoms with Crippen molar-refractivity contribution in [1.82, 2.24) is 4.72 Å². The number of sulfonamides is 1. The molecule has 1 aromatic carbocycles. The molecule has 0 spiro atoms. The van der Waals surface area contributed by atoms with Crippen LogP contribution >= 0.6 is 0 Å². The average molecular weight is 300 g/mol. The van der Waals surface area contributed by atoms with E-state index in [1.54, 1.807) is 0 Å². The van der Waals surface area contributed by atoms with Crippen LogP contribution in [-0.2, 0) is 10.0 Å². The van der Waals surface area contributed by atoms with Gasteiger partial charge in [-0.3, -0.25) is 0 Å². The molecule has 0 aliphatic heterocycles. The van der Waals surface area contributed by atoms with Crippen molar-refractivity contribution in [3.63, 3.8) is 0 Å². The minimum absolute atomic E-state index is 0.114. The summed E-state index contributed by atoms with van der Waals surface area (Å²) in [5.74, 6) is -0.0991. The number of anilines is 1. The van der Waals surface area contributed by atoms with Crippen molar-refractivity contribution in [3.05, 3.63) is 23.5 Å². The molecule has 0 unspecified atom stereocenters. The molecule has 1 saturated carbocycles. The Labute approximate surface area is 119 Å². The number of rotatable bonds is 3. The Kier molecular flexibility index (Phi) is 4.34. The highest BCUT2D eigenvalue weighted by atomic mass is 32.2. The first-order chi connectivity index (χ1) is 9.29. The van der Waals surface area contributed by atoms with E-state index in [4.69, 9.17) is 5.73 Å². The topological polar surface area (TPSA) is 72.2 Å². The lowest BCUT2D eigenvalue weighted by atomic mass is 9.88. The Bertz CT molecular complexity index is 593. The highest BCUT2D eigenvalue weighted by Gasteiger charge is 2.27. The minimum atomic E-state index is -3.86. The maximum atomic E-state index is 14.0. The number of benzene rings is 1. The fraction of sp³-hybridized carbons (Fsp3) is 0.571. The molecular weight excluding hydrogens is 279 g/mol. The van der Waals surface area contributed by atoms with E-state index in [0.29, 0.717) is 5.92 Å². The van der Waals surface area contributed by atoms with E-state index < -0.39 is 15.8 Å². The van der Waals surface area contributed by atoms with Gasteiger partial charge in [-0.2, -0.15) is 0 Å². The predicted molar refractivity (Wildman–Crippen MR) is 77.3 cm³/mol. The fourth-order valence-electron chi connectivity index (χ4n) is 2.62. The van der Waals surface area contributed by atoms with Crippen LogP contribution in [0.3, 0.4) is 0 Å². The number of nitrogens with two attached hydrogens (primary N) is 1. The number of hydrogen-bond acceptors (Lipinski definition) is 3. The molecule has 0 bridgehead atoms. The highest BCUT2D eigenvalue weighted by Crippen LogP contribution is 2.26. The van der Waals surface area contributed by atoms with Gasteiger partial charge in [0.05, 0.1) is 0 Å². The van der Waals surface area contributed by atoms with Gasteiger partial charge in [-0.1, -0.05) is 6.92 Å². The number of halogens is 1. The van der Waals surface area contributed by atoms with Crippen LogP contribution in [0.4, 0.5) is 10.1 Å². The molecule has 0 atom stereocenters. The van der Waals surface area contributed by atoms with Gasteiger partial charge >= 0.3 is 0 Å². The Morgan fingerprint density at radius 1 is 1.25 bits per heavy atom. The van der Waals surface area contributed by atoms with Gasteiger partial charge in [0.2, 0.25) is 10.0 Å². The van der Waals surface area contributed by atoms with Crippen LogP contribution in [-0.4, -0.2) is 14.5 Å². The zero-order valence-corrected chi connectivity index (χ0v) is 12.6. The lowest BCUT2D eigenvalue weighted by Gasteiger charge is -2.26. The molecule has 1 aliphatic carbocycles. The second kappa shape index (κ2) is 5.69. The van der Waals surface area contributed by atoms with Crippen LogP contribution in [0.25, 0.3) is 0 Å². The van der Waals surface area contributed by atoms with Crippen molar-refractivity contribution in [1.29, 1.82) is 0 Å². The van der Waals surface area contributed by atoms with Crippen LogP contribution in [0.5, 0.6) is 0 Å². The molecule has 112 valence electrons. The van der Waals surface area contributed by atoms with Gasteiger partial charge in [0.25, 0.3) is 0 Å². The molecule has 0 radical (unpaired) electrons. The maximum Gasteiger partial charge on any atom is 0.243 e. The normalized spacial score (nSPS) is 23.8. The second-order valence-electron chi connectivity index (χ2n) is 5.73. The van der Waals surface area contributed by atoms with Crippen molar-refractivity contribution in [2.45, 2.75) is 50.5 Å². The summed E-state index contributed by atoms with van der Waals surface area (Å²) in [4.78, 5) is -0.353. The van der Waals surface area contributed by atoms with Gasteiger partial charge in [0.1, 0.15) is 10.7 Å². The van der Waals surface area contributed by atoms with E-state index in [1.807, 2.05) is 0 Å². The van der Waals surface area contributed by atoms with Crippen molar-refractivity contribution in [2.24, 2.45) is 5.92 Å². The predicted octanol–water partition coefficient (Wildman–Crippen LogP) is 2.57. The fourth-order valence-corrected chi connectivity index (χ4v) is 4.11. The molecule has 0 heterocycles. The van der Waals surface area contributed by atoms with Crippen molar-refractivity contribution < 1.29 is 12.8 Å². The molecule has 20 heavy (non-hydrogen) atoms. The SMILES string of the molecule is Cc1cc(N)cc(S(=O)(=O)NC2CCC(C)CC2)c1F. The monoisotopic (exact) mass is 300 g/mol. The summed E-state index contributed by atoms with van der Waals surface area (Å²) in [7, 11) is -3.86.